The van der Waals surface area contributed by atoms with Crippen LogP contribution in [0.4, 0.5) is 0 Å². The van der Waals surface area contributed by atoms with Gasteiger partial charge in [-0.05, 0) is 23.1 Å². The Hall–Kier alpha value is -2.71. The molecular weight excluding hydrogens is 294 g/mol. The molecule has 3 aromatic rings. The van der Waals surface area contributed by atoms with Gasteiger partial charge in [-0.15, -0.1) is 0 Å². The molecular formula is C22H19NO. The Morgan fingerprint density at radius 3 is 2.17 bits per heavy atom. The molecule has 3 aromatic carbocycles. The first-order chi connectivity index (χ1) is 11.8. The summed E-state index contributed by atoms with van der Waals surface area (Å²) in [5, 5.41) is 3.55. The highest BCUT2D eigenvalue weighted by atomic mass is 16.1. The topological polar surface area (TPSA) is 29.1 Å². The quantitative estimate of drug-likeness (QED) is 0.742. The van der Waals surface area contributed by atoms with Crippen LogP contribution in [0, 0.1) is 0 Å². The standard InChI is InChI=1S/C22H19NO/c24-21(18-10-3-1-4-11-18)22(19-12-5-2-6-13-19)20-14-8-7-9-17(20)15-16-23-22/h1-14,23H,15-16H2. The molecule has 0 amide bonds. The van der Waals surface area contributed by atoms with Crippen molar-refractivity contribution in [1.82, 2.24) is 5.32 Å². The van der Waals surface area contributed by atoms with E-state index in [1.165, 1.54) is 5.56 Å². The van der Waals surface area contributed by atoms with Gasteiger partial charge < -0.3 is 0 Å². The van der Waals surface area contributed by atoms with Gasteiger partial charge in [-0.2, -0.15) is 0 Å². The van der Waals surface area contributed by atoms with Crippen molar-refractivity contribution in [2.45, 2.75) is 12.0 Å². The Morgan fingerprint density at radius 2 is 1.42 bits per heavy atom. The van der Waals surface area contributed by atoms with Gasteiger partial charge in [-0.25, -0.2) is 0 Å². The summed E-state index contributed by atoms with van der Waals surface area (Å²) in [4.78, 5) is 13.6. The minimum Gasteiger partial charge on any atom is -0.297 e. The molecule has 0 aliphatic carbocycles. The lowest BCUT2D eigenvalue weighted by Crippen LogP contribution is -2.53. The van der Waals surface area contributed by atoms with Gasteiger partial charge in [0, 0.05) is 12.1 Å². The first kappa shape index (κ1) is 14.9. The number of carbonyl (C=O) groups excluding carboxylic acids is 1. The highest BCUT2D eigenvalue weighted by molar-refractivity contribution is 6.06. The summed E-state index contributed by atoms with van der Waals surface area (Å²) < 4.78 is 0. The normalized spacial score (nSPS) is 19.5. The van der Waals surface area contributed by atoms with Crippen molar-refractivity contribution in [2.75, 3.05) is 6.54 Å². The van der Waals surface area contributed by atoms with Crippen molar-refractivity contribution in [3.63, 3.8) is 0 Å². The lowest BCUT2D eigenvalue weighted by molar-refractivity contribution is 0.0878. The number of benzene rings is 3. The minimum atomic E-state index is -0.822. The second kappa shape index (κ2) is 6.06. The first-order valence-electron chi connectivity index (χ1n) is 8.31. The van der Waals surface area contributed by atoms with Crippen LogP contribution in [0.3, 0.4) is 0 Å². The predicted molar refractivity (Wildman–Crippen MR) is 96.1 cm³/mol. The van der Waals surface area contributed by atoms with E-state index in [0.717, 1.165) is 29.7 Å². The average Bonchev–Trinajstić information content (AvgIpc) is 2.68. The van der Waals surface area contributed by atoms with E-state index in [9.17, 15) is 4.79 Å². The van der Waals surface area contributed by atoms with E-state index >= 15 is 0 Å². The molecule has 1 heterocycles. The maximum atomic E-state index is 13.6. The number of hydrogen-bond acceptors (Lipinski definition) is 2. The van der Waals surface area contributed by atoms with E-state index in [2.05, 4.69) is 17.4 Å². The van der Waals surface area contributed by atoms with Gasteiger partial charge in [0.25, 0.3) is 0 Å². The van der Waals surface area contributed by atoms with E-state index in [4.69, 9.17) is 0 Å². The average molecular weight is 313 g/mol. The summed E-state index contributed by atoms with van der Waals surface area (Å²) in [6.45, 7) is 0.782. The Bertz CT molecular complexity index is 857. The summed E-state index contributed by atoms with van der Waals surface area (Å²) in [6.07, 6.45) is 0.937. The molecule has 1 unspecified atom stereocenters. The number of nitrogens with one attached hydrogen (secondary N) is 1. The molecule has 2 nitrogen and oxygen atoms in total. The zero-order valence-electron chi connectivity index (χ0n) is 13.4. The first-order valence-corrected chi connectivity index (χ1v) is 8.31. The SMILES string of the molecule is O=C(c1ccccc1)C1(c2ccccc2)NCCc2ccccc21. The number of carbonyl (C=O) groups is 1. The van der Waals surface area contributed by atoms with Crippen molar-refractivity contribution in [2.24, 2.45) is 0 Å². The molecule has 0 spiro atoms. The maximum Gasteiger partial charge on any atom is 0.191 e. The zero-order valence-corrected chi connectivity index (χ0v) is 13.4. The van der Waals surface area contributed by atoms with E-state index < -0.39 is 5.54 Å². The summed E-state index contributed by atoms with van der Waals surface area (Å²) in [5.41, 5.74) is 3.20. The van der Waals surface area contributed by atoms with Crippen LogP contribution < -0.4 is 5.32 Å². The molecule has 4 rings (SSSR count). The predicted octanol–water partition coefficient (Wildman–Crippen LogP) is 3.96. The molecule has 118 valence electrons. The molecule has 1 aliphatic heterocycles. The summed E-state index contributed by atoms with van der Waals surface area (Å²) in [5.74, 6) is 0.0986. The number of fused-ring (bicyclic) bond motifs is 1. The van der Waals surface area contributed by atoms with Crippen LogP contribution in [0.5, 0.6) is 0 Å². The molecule has 0 bridgehead atoms. The highest BCUT2D eigenvalue weighted by Gasteiger charge is 2.44. The van der Waals surface area contributed by atoms with Crippen LogP contribution in [-0.4, -0.2) is 12.3 Å². The second-order valence-electron chi connectivity index (χ2n) is 6.15. The minimum absolute atomic E-state index is 0.0986. The lowest BCUT2D eigenvalue weighted by Gasteiger charge is -2.39. The van der Waals surface area contributed by atoms with Crippen LogP contribution in [0.2, 0.25) is 0 Å². The monoisotopic (exact) mass is 313 g/mol. The fraction of sp³-hybridized carbons (Fsp3) is 0.136. The van der Waals surface area contributed by atoms with Crippen LogP contribution in [0.25, 0.3) is 0 Å². The smallest absolute Gasteiger partial charge is 0.191 e. The fourth-order valence-corrected chi connectivity index (χ4v) is 3.67. The van der Waals surface area contributed by atoms with E-state index in [1.54, 1.807) is 0 Å². The van der Waals surface area contributed by atoms with E-state index in [-0.39, 0.29) is 5.78 Å². The van der Waals surface area contributed by atoms with Crippen molar-refractivity contribution in [1.29, 1.82) is 0 Å². The lowest BCUT2D eigenvalue weighted by atomic mass is 9.73. The summed E-state index contributed by atoms with van der Waals surface area (Å²) in [6, 6.07) is 27.9. The number of Topliss-reactive ketones (excluding diaryl/α,β-unsaturated/α-hetero) is 1. The number of ketones is 1. The largest absolute Gasteiger partial charge is 0.297 e. The van der Waals surface area contributed by atoms with Gasteiger partial charge in [-0.3, -0.25) is 10.1 Å². The molecule has 0 aromatic heterocycles. The maximum absolute atomic E-state index is 13.6. The van der Waals surface area contributed by atoms with Gasteiger partial charge >= 0.3 is 0 Å². The van der Waals surface area contributed by atoms with Gasteiger partial charge in [0.05, 0.1) is 0 Å². The Labute approximate surface area is 142 Å². The second-order valence-corrected chi connectivity index (χ2v) is 6.15. The Kier molecular flexibility index (Phi) is 3.75. The van der Waals surface area contributed by atoms with Crippen molar-refractivity contribution in [3.05, 3.63) is 107 Å². The van der Waals surface area contributed by atoms with Crippen LogP contribution in [0.15, 0.2) is 84.9 Å². The molecule has 1 aliphatic rings. The van der Waals surface area contributed by atoms with Crippen molar-refractivity contribution < 1.29 is 4.79 Å². The third-order valence-corrected chi connectivity index (χ3v) is 4.79. The van der Waals surface area contributed by atoms with E-state index in [0.29, 0.717) is 0 Å². The van der Waals surface area contributed by atoms with Gasteiger partial charge in [0.15, 0.2) is 5.78 Å². The van der Waals surface area contributed by atoms with Crippen molar-refractivity contribution >= 4 is 5.78 Å². The Balaban J connectivity index is 1.98. The fourth-order valence-electron chi connectivity index (χ4n) is 3.67. The zero-order chi connectivity index (χ0) is 16.4. The molecule has 2 heteroatoms. The van der Waals surface area contributed by atoms with Crippen molar-refractivity contribution in [3.8, 4) is 0 Å². The molecule has 0 radical (unpaired) electrons. The summed E-state index contributed by atoms with van der Waals surface area (Å²) in [7, 11) is 0. The van der Waals surface area contributed by atoms with Crippen LogP contribution in [-0.2, 0) is 12.0 Å². The number of rotatable bonds is 3. The molecule has 24 heavy (non-hydrogen) atoms. The number of hydrogen-bond donors (Lipinski definition) is 1. The summed E-state index contributed by atoms with van der Waals surface area (Å²) >= 11 is 0. The molecule has 0 saturated heterocycles. The molecule has 0 fully saturated rings. The van der Waals surface area contributed by atoms with Crippen LogP contribution in [0.1, 0.15) is 27.0 Å². The van der Waals surface area contributed by atoms with Gasteiger partial charge in [-0.1, -0.05) is 84.9 Å². The van der Waals surface area contributed by atoms with E-state index in [1.807, 2.05) is 72.8 Å². The third-order valence-electron chi connectivity index (χ3n) is 4.79. The highest BCUT2D eigenvalue weighted by Crippen LogP contribution is 2.37. The Morgan fingerprint density at radius 1 is 0.792 bits per heavy atom. The molecule has 1 atom stereocenters. The third kappa shape index (κ3) is 2.27. The molecule has 0 saturated carbocycles. The van der Waals surface area contributed by atoms with Crippen LogP contribution >= 0.6 is 0 Å². The van der Waals surface area contributed by atoms with Gasteiger partial charge in [0.2, 0.25) is 0 Å². The molecule has 1 N–H and O–H groups in total. The van der Waals surface area contributed by atoms with Gasteiger partial charge in [0.1, 0.15) is 5.54 Å².